The molecule has 0 aliphatic carbocycles. The van der Waals surface area contributed by atoms with Crippen LogP contribution in [0.1, 0.15) is 55.4 Å². The maximum absolute atomic E-state index is 13.0. The van der Waals surface area contributed by atoms with Crippen molar-refractivity contribution < 1.29 is 22.5 Å². The molecule has 1 heterocycles. The molecule has 0 N–H and O–H groups in total. The van der Waals surface area contributed by atoms with E-state index in [1.807, 2.05) is 41.5 Å². The average Bonchev–Trinajstić information content (AvgIpc) is 2.80. The molecule has 1 aliphatic rings. The number of hydrogen-bond acceptors (Lipinski definition) is 5. The first-order valence-electron chi connectivity index (χ1n) is 9.96. The predicted molar refractivity (Wildman–Crippen MR) is 116 cm³/mol. The Morgan fingerprint density at radius 2 is 1.52 bits per heavy atom. The van der Waals surface area contributed by atoms with E-state index in [4.69, 9.17) is 9.31 Å². The normalized spacial score (nSPS) is 18.9. The SMILES string of the molecule is CC(C)N(C)C(=O)C(C)(C)CS(=O)(=O)c1ccc(B2OC(C)(C)C(C)(C)O2)cc1. The monoisotopic (exact) mass is 423 g/mol. The standard InChI is InChI=1S/C21H34BNO5S/c1-15(2)23(9)18(24)19(3,4)14-29(25,26)17-12-10-16(11-13-17)22-27-20(5,6)21(7,8)28-22/h10-13,15H,14H2,1-9H3. The molecule has 162 valence electrons. The van der Waals surface area contributed by atoms with Crippen molar-refractivity contribution in [3.63, 3.8) is 0 Å². The Morgan fingerprint density at radius 1 is 1.07 bits per heavy atom. The summed E-state index contributed by atoms with van der Waals surface area (Å²) in [6, 6.07) is 6.54. The lowest BCUT2D eigenvalue weighted by Gasteiger charge is -2.32. The minimum atomic E-state index is -3.64. The van der Waals surface area contributed by atoms with Crippen molar-refractivity contribution in [1.29, 1.82) is 0 Å². The highest BCUT2D eigenvalue weighted by atomic mass is 32.2. The molecule has 0 atom stereocenters. The minimum Gasteiger partial charge on any atom is -0.399 e. The van der Waals surface area contributed by atoms with Gasteiger partial charge in [0, 0.05) is 13.1 Å². The van der Waals surface area contributed by atoms with Crippen LogP contribution in [-0.4, -0.2) is 56.4 Å². The van der Waals surface area contributed by atoms with Crippen molar-refractivity contribution in [2.45, 2.75) is 77.5 Å². The maximum atomic E-state index is 13.0. The molecule has 8 heteroatoms. The van der Waals surface area contributed by atoms with E-state index < -0.39 is 33.6 Å². The van der Waals surface area contributed by atoms with E-state index in [1.165, 1.54) is 0 Å². The van der Waals surface area contributed by atoms with Gasteiger partial charge in [-0.05, 0) is 59.1 Å². The van der Waals surface area contributed by atoms with E-state index in [0.29, 0.717) is 0 Å². The lowest BCUT2D eigenvalue weighted by molar-refractivity contribution is -0.139. The Balaban J connectivity index is 2.20. The molecule has 0 spiro atoms. The van der Waals surface area contributed by atoms with Gasteiger partial charge in [0.1, 0.15) is 0 Å². The van der Waals surface area contributed by atoms with Crippen LogP contribution in [0.3, 0.4) is 0 Å². The van der Waals surface area contributed by atoms with E-state index in [9.17, 15) is 13.2 Å². The summed E-state index contributed by atoms with van der Waals surface area (Å²) in [6.45, 7) is 15.0. The summed E-state index contributed by atoms with van der Waals surface area (Å²) in [5.41, 5.74) is -1.19. The predicted octanol–water partition coefficient (Wildman–Crippen LogP) is 2.65. The number of carbonyl (C=O) groups excluding carboxylic acids is 1. The number of rotatable bonds is 6. The van der Waals surface area contributed by atoms with Crippen molar-refractivity contribution in [3.05, 3.63) is 24.3 Å². The fraction of sp³-hybridized carbons (Fsp3) is 0.667. The molecule has 0 saturated carbocycles. The fourth-order valence-electron chi connectivity index (χ4n) is 3.14. The Morgan fingerprint density at radius 3 is 1.93 bits per heavy atom. The van der Waals surface area contributed by atoms with Crippen molar-refractivity contribution >= 4 is 28.3 Å². The van der Waals surface area contributed by atoms with Gasteiger partial charge in [0.25, 0.3) is 0 Å². The number of nitrogens with zero attached hydrogens (tertiary/aromatic N) is 1. The number of carbonyl (C=O) groups is 1. The summed E-state index contributed by atoms with van der Waals surface area (Å²) in [7, 11) is -2.49. The van der Waals surface area contributed by atoms with E-state index >= 15 is 0 Å². The van der Waals surface area contributed by atoms with Gasteiger partial charge in [0.15, 0.2) is 9.84 Å². The van der Waals surface area contributed by atoms with E-state index in [-0.39, 0.29) is 22.6 Å². The smallest absolute Gasteiger partial charge is 0.399 e. The van der Waals surface area contributed by atoms with Crippen molar-refractivity contribution in [2.24, 2.45) is 5.41 Å². The molecule has 6 nitrogen and oxygen atoms in total. The molecule has 0 unspecified atom stereocenters. The second-order valence-corrected chi connectivity index (χ2v) is 11.8. The average molecular weight is 423 g/mol. The Hall–Kier alpha value is -1.38. The topological polar surface area (TPSA) is 72.9 Å². The summed E-state index contributed by atoms with van der Waals surface area (Å²) in [6.07, 6.45) is 0. The van der Waals surface area contributed by atoms with Gasteiger partial charge in [-0.2, -0.15) is 0 Å². The first-order chi connectivity index (χ1) is 13.0. The number of sulfone groups is 1. The molecule has 0 radical (unpaired) electrons. The van der Waals surface area contributed by atoms with E-state index in [1.54, 1.807) is 50.1 Å². The highest BCUT2D eigenvalue weighted by Crippen LogP contribution is 2.36. The maximum Gasteiger partial charge on any atom is 0.494 e. The zero-order chi connectivity index (χ0) is 22.4. The molecule has 1 aliphatic heterocycles. The van der Waals surface area contributed by atoms with Gasteiger partial charge >= 0.3 is 7.12 Å². The van der Waals surface area contributed by atoms with Crippen LogP contribution in [-0.2, 0) is 23.9 Å². The molecular weight excluding hydrogens is 389 g/mol. The summed E-state index contributed by atoms with van der Waals surface area (Å²) in [4.78, 5) is 14.5. The summed E-state index contributed by atoms with van der Waals surface area (Å²) < 4.78 is 37.9. The summed E-state index contributed by atoms with van der Waals surface area (Å²) in [5, 5.41) is 0. The molecule has 1 fully saturated rings. The van der Waals surface area contributed by atoms with Gasteiger partial charge < -0.3 is 14.2 Å². The summed E-state index contributed by atoms with van der Waals surface area (Å²) >= 11 is 0. The molecule has 1 aromatic rings. The van der Waals surface area contributed by atoms with Crippen LogP contribution in [0, 0.1) is 5.41 Å². The lowest BCUT2D eigenvalue weighted by atomic mass is 9.79. The minimum absolute atomic E-state index is 0.00340. The molecule has 0 aromatic heterocycles. The van der Waals surface area contributed by atoms with Gasteiger partial charge in [0.05, 0.1) is 27.3 Å². The highest BCUT2D eigenvalue weighted by molar-refractivity contribution is 7.91. The first kappa shape index (κ1) is 23.9. The second kappa shape index (κ2) is 7.71. The van der Waals surface area contributed by atoms with Gasteiger partial charge in [-0.25, -0.2) is 8.42 Å². The van der Waals surface area contributed by atoms with Crippen LogP contribution in [0.25, 0.3) is 0 Å². The summed E-state index contributed by atoms with van der Waals surface area (Å²) in [5.74, 6) is -0.448. The molecule has 1 aromatic carbocycles. The van der Waals surface area contributed by atoms with Crippen LogP contribution in [0.5, 0.6) is 0 Å². The molecular formula is C21H34BNO5S. The third kappa shape index (κ3) is 4.86. The first-order valence-corrected chi connectivity index (χ1v) is 11.6. The molecule has 2 rings (SSSR count). The van der Waals surface area contributed by atoms with Gasteiger partial charge in [-0.3, -0.25) is 4.79 Å². The van der Waals surface area contributed by atoms with Crippen LogP contribution in [0.4, 0.5) is 0 Å². The second-order valence-electron chi connectivity index (χ2n) is 9.81. The van der Waals surface area contributed by atoms with Crippen LogP contribution in [0.15, 0.2) is 29.2 Å². The zero-order valence-electron chi connectivity index (χ0n) is 19.1. The third-order valence-corrected chi connectivity index (χ3v) is 8.08. The van der Waals surface area contributed by atoms with E-state index in [2.05, 4.69) is 0 Å². The Kier molecular flexibility index (Phi) is 6.35. The fourth-order valence-corrected chi connectivity index (χ4v) is 4.93. The molecule has 29 heavy (non-hydrogen) atoms. The lowest BCUT2D eigenvalue weighted by Crippen LogP contribution is -2.45. The molecule has 1 saturated heterocycles. The number of amides is 1. The zero-order valence-corrected chi connectivity index (χ0v) is 19.9. The number of hydrogen-bond donors (Lipinski definition) is 0. The van der Waals surface area contributed by atoms with E-state index in [0.717, 1.165) is 5.46 Å². The quantitative estimate of drug-likeness (QED) is 0.658. The Labute approximate surface area is 176 Å². The van der Waals surface area contributed by atoms with Crippen molar-refractivity contribution in [2.75, 3.05) is 12.8 Å². The van der Waals surface area contributed by atoms with Crippen LogP contribution in [0.2, 0.25) is 0 Å². The number of benzene rings is 1. The Bertz CT molecular complexity index is 844. The van der Waals surface area contributed by atoms with Crippen molar-refractivity contribution in [1.82, 2.24) is 4.90 Å². The molecule has 0 bridgehead atoms. The largest absolute Gasteiger partial charge is 0.494 e. The van der Waals surface area contributed by atoms with Gasteiger partial charge in [-0.1, -0.05) is 26.0 Å². The third-order valence-electron chi connectivity index (χ3n) is 5.99. The van der Waals surface area contributed by atoms with Crippen LogP contribution < -0.4 is 5.46 Å². The highest BCUT2D eigenvalue weighted by Gasteiger charge is 2.51. The van der Waals surface area contributed by atoms with Crippen LogP contribution >= 0.6 is 0 Å². The van der Waals surface area contributed by atoms with Crippen molar-refractivity contribution in [3.8, 4) is 0 Å². The molecule has 1 amide bonds. The van der Waals surface area contributed by atoms with Gasteiger partial charge in [0.2, 0.25) is 5.91 Å². The van der Waals surface area contributed by atoms with Gasteiger partial charge in [-0.15, -0.1) is 0 Å².